The Morgan fingerprint density at radius 1 is 1.11 bits per heavy atom. The van der Waals surface area contributed by atoms with Crippen molar-refractivity contribution >= 4 is 17.8 Å². The zero-order valence-electron chi connectivity index (χ0n) is 9.91. The van der Waals surface area contributed by atoms with Crippen LogP contribution in [0.4, 0.5) is 5.69 Å². The van der Waals surface area contributed by atoms with Crippen molar-refractivity contribution in [1.29, 1.82) is 0 Å². The summed E-state index contributed by atoms with van der Waals surface area (Å²) in [5.41, 5.74) is 2.98. The fourth-order valence-corrected chi connectivity index (χ4v) is 1.47. The summed E-state index contributed by atoms with van der Waals surface area (Å²) in [6, 6.07) is 10.3. The van der Waals surface area contributed by atoms with E-state index in [0.717, 1.165) is 16.8 Å². The summed E-state index contributed by atoms with van der Waals surface area (Å²) in [5.74, 6) is 0. The molecule has 1 aromatic carbocycles. The number of nitro groups is 1. The highest BCUT2D eigenvalue weighted by Gasteiger charge is 2.02. The fraction of sp³-hybridized carbons (Fsp3) is 0.0714. The molecule has 2 rings (SSSR count). The molecule has 1 heterocycles. The van der Waals surface area contributed by atoms with Crippen molar-refractivity contribution < 1.29 is 4.92 Å². The molecule has 0 amide bonds. The van der Waals surface area contributed by atoms with Gasteiger partial charge in [-0.1, -0.05) is 12.1 Å². The molecule has 4 heteroatoms. The van der Waals surface area contributed by atoms with Crippen molar-refractivity contribution in [3.05, 3.63) is 69.5 Å². The maximum Gasteiger partial charge on any atom is 0.269 e. The van der Waals surface area contributed by atoms with Crippen molar-refractivity contribution in [2.45, 2.75) is 6.92 Å². The lowest BCUT2D eigenvalue weighted by molar-refractivity contribution is -0.384. The highest BCUT2D eigenvalue weighted by molar-refractivity contribution is 5.68. The van der Waals surface area contributed by atoms with Crippen LogP contribution in [0.1, 0.15) is 16.8 Å². The molecule has 0 spiro atoms. The van der Waals surface area contributed by atoms with Gasteiger partial charge in [0.25, 0.3) is 5.69 Å². The van der Waals surface area contributed by atoms with E-state index in [4.69, 9.17) is 0 Å². The molecule has 0 fully saturated rings. The van der Waals surface area contributed by atoms with Crippen LogP contribution in [0.25, 0.3) is 12.2 Å². The molecule has 2 aromatic rings. The number of aryl methyl sites for hydroxylation is 1. The van der Waals surface area contributed by atoms with E-state index < -0.39 is 4.92 Å². The van der Waals surface area contributed by atoms with Gasteiger partial charge in [-0.05, 0) is 42.3 Å². The first-order valence-corrected chi connectivity index (χ1v) is 5.50. The Bertz CT molecular complexity index is 572. The van der Waals surface area contributed by atoms with Gasteiger partial charge < -0.3 is 0 Å². The van der Waals surface area contributed by atoms with Crippen molar-refractivity contribution in [1.82, 2.24) is 4.98 Å². The quantitative estimate of drug-likeness (QED) is 0.609. The van der Waals surface area contributed by atoms with E-state index in [1.54, 1.807) is 18.3 Å². The number of hydrogen-bond donors (Lipinski definition) is 0. The van der Waals surface area contributed by atoms with Gasteiger partial charge in [0.05, 0.1) is 10.6 Å². The molecular weight excluding hydrogens is 228 g/mol. The van der Waals surface area contributed by atoms with Gasteiger partial charge in [0.1, 0.15) is 0 Å². The second-order valence-corrected chi connectivity index (χ2v) is 3.94. The van der Waals surface area contributed by atoms with Gasteiger partial charge >= 0.3 is 0 Å². The molecule has 18 heavy (non-hydrogen) atoms. The van der Waals surface area contributed by atoms with Gasteiger partial charge in [-0.2, -0.15) is 0 Å². The Morgan fingerprint density at radius 3 is 2.39 bits per heavy atom. The molecule has 4 nitrogen and oxygen atoms in total. The zero-order valence-corrected chi connectivity index (χ0v) is 9.91. The Hall–Kier alpha value is -2.49. The number of nitrogens with zero attached hydrogens (tertiary/aromatic N) is 2. The molecule has 0 radical (unpaired) electrons. The summed E-state index contributed by atoms with van der Waals surface area (Å²) >= 11 is 0. The van der Waals surface area contributed by atoms with Crippen molar-refractivity contribution in [2.75, 3.05) is 0 Å². The van der Waals surface area contributed by atoms with Crippen molar-refractivity contribution in [3.63, 3.8) is 0 Å². The third-order valence-corrected chi connectivity index (χ3v) is 2.48. The maximum atomic E-state index is 10.5. The average Bonchev–Trinajstić information content (AvgIpc) is 2.38. The molecule has 1 aromatic heterocycles. The minimum Gasteiger partial charge on any atom is -0.258 e. The number of rotatable bonds is 3. The van der Waals surface area contributed by atoms with Gasteiger partial charge in [0.15, 0.2) is 0 Å². The minimum absolute atomic E-state index is 0.0978. The highest BCUT2D eigenvalue weighted by Crippen LogP contribution is 2.13. The molecule has 0 unspecified atom stereocenters. The summed E-state index contributed by atoms with van der Waals surface area (Å²) < 4.78 is 0. The Morgan fingerprint density at radius 2 is 1.83 bits per heavy atom. The molecule has 0 saturated heterocycles. The number of nitro benzene ring substituents is 1. The van der Waals surface area contributed by atoms with E-state index in [-0.39, 0.29) is 5.69 Å². The van der Waals surface area contributed by atoms with Crippen LogP contribution in [0.2, 0.25) is 0 Å². The third kappa shape index (κ3) is 3.01. The molecule has 0 aliphatic carbocycles. The normalized spacial score (nSPS) is 10.7. The molecule has 0 bridgehead atoms. The number of pyridine rings is 1. The number of aromatic nitrogens is 1. The fourth-order valence-electron chi connectivity index (χ4n) is 1.47. The van der Waals surface area contributed by atoms with Crippen LogP contribution in [0.15, 0.2) is 42.6 Å². The van der Waals surface area contributed by atoms with Crippen LogP contribution in [0.5, 0.6) is 0 Å². The second-order valence-electron chi connectivity index (χ2n) is 3.94. The Balaban J connectivity index is 2.13. The van der Waals surface area contributed by atoms with Gasteiger partial charge in [0, 0.05) is 18.3 Å². The average molecular weight is 240 g/mol. The Labute approximate surface area is 105 Å². The van der Waals surface area contributed by atoms with Gasteiger partial charge in [0.2, 0.25) is 0 Å². The summed E-state index contributed by atoms with van der Waals surface area (Å²) in [6.07, 6.45) is 5.55. The first-order chi connectivity index (χ1) is 8.65. The van der Waals surface area contributed by atoms with Crippen LogP contribution >= 0.6 is 0 Å². The molecular formula is C14H12N2O2. The van der Waals surface area contributed by atoms with Crippen LogP contribution in [0, 0.1) is 17.0 Å². The zero-order chi connectivity index (χ0) is 13.0. The summed E-state index contributed by atoms with van der Waals surface area (Å²) in [4.78, 5) is 14.3. The highest BCUT2D eigenvalue weighted by atomic mass is 16.6. The van der Waals surface area contributed by atoms with E-state index >= 15 is 0 Å². The van der Waals surface area contributed by atoms with E-state index in [1.807, 2.05) is 31.2 Å². The monoisotopic (exact) mass is 240 g/mol. The lowest BCUT2D eigenvalue weighted by atomic mass is 10.2. The summed E-state index contributed by atoms with van der Waals surface area (Å²) in [5, 5.41) is 10.5. The molecule has 0 saturated carbocycles. The second kappa shape index (κ2) is 5.23. The summed E-state index contributed by atoms with van der Waals surface area (Å²) in [7, 11) is 0. The number of hydrogen-bond acceptors (Lipinski definition) is 3. The molecule has 0 aliphatic heterocycles. The lowest BCUT2D eigenvalue weighted by Gasteiger charge is -1.95. The van der Waals surface area contributed by atoms with Crippen LogP contribution < -0.4 is 0 Å². The van der Waals surface area contributed by atoms with E-state index in [2.05, 4.69) is 4.98 Å². The van der Waals surface area contributed by atoms with Gasteiger partial charge in [-0.15, -0.1) is 0 Å². The predicted octanol–water partition coefficient (Wildman–Crippen LogP) is 3.47. The largest absolute Gasteiger partial charge is 0.269 e. The predicted molar refractivity (Wildman–Crippen MR) is 71.0 cm³/mol. The summed E-state index contributed by atoms with van der Waals surface area (Å²) in [6.45, 7) is 1.98. The van der Waals surface area contributed by atoms with Crippen LogP contribution in [-0.2, 0) is 0 Å². The SMILES string of the molecule is Cc1ccc(/C=C/c2ccc([N+](=O)[O-])cc2)nc1. The Kier molecular flexibility index (Phi) is 3.48. The molecule has 0 aliphatic rings. The molecule has 0 atom stereocenters. The van der Waals surface area contributed by atoms with Gasteiger partial charge in [-0.25, -0.2) is 0 Å². The van der Waals surface area contributed by atoms with Crippen molar-refractivity contribution in [2.24, 2.45) is 0 Å². The standard InChI is InChI=1S/C14H12N2O2/c1-11-2-6-13(15-10-11)7-3-12-4-8-14(9-5-12)16(17)18/h2-10H,1H3/b7-3+. The van der Waals surface area contributed by atoms with Gasteiger partial charge in [-0.3, -0.25) is 15.1 Å². The lowest BCUT2D eigenvalue weighted by Crippen LogP contribution is -1.86. The first kappa shape index (κ1) is 12.0. The maximum absolute atomic E-state index is 10.5. The molecule has 90 valence electrons. The van der Waals surface area contributed by atoms with Crippen molar-refractivity contribution in [3.8, 4) is 0 Å². The van der Waals surface area contributed by atoms with E-state index in [9.17, 15) is 10.1 Å². The van der Waals surface area contributed by atoms with Crippen LogP contribution in [-0.4, -0.2) is 9.91 Å². The topological polar surface area (TPSA) is 56.0 Å². The van der Waals surface area contributed by atoms with E-state index in [0.29, 0.717) is 0 Å². The number of benzene rings is 1. The van der Waals surface area contributed by atoms with E-state index in [1.165, 1.54) is 12.1 Å². The van der Waals surface area contributed by atoms with Crippen LogP contribution in [0.3, 0.4) is 0 Å². The smallest absolute Gasteiger partial charge is 0.258 e. The molecule has 0 N–H and O–H groups in total. The third-order valence-electron chi connectivity index (χ3n) is 2.48. The first-order valence-electron chi connectivity index (χ1n) is 5.50. The minimum atomic E-state index is -0.408. The number of non-ortho nitro benzene ring substituents is 1.